The number of hydrogen-bond donors (Lipinski definition) is 1. The Labute approximate surface area is 273 Å². The monoisotopic (exact) mass is 650 g/mol. The second kappa shape index (κ2) is 13.3. The van der Waals surface area contributed by atoms with Gasteiger partial charge in [-0.25, -0.2) is 8.78 Å². The lowest BCUT2D eigenvalue weighted by Crippen LogP contribution is -2.42. The number of amides is 2. The second-order valence-corrected chi connectivity index (χ2v) is 13.3. The van der Waals surface area contributed by atoms with E-state index in [1.165, 1.54) is 0 Å². The van der Waals surface area contributed by atoms with Crippen molar-refractivity contribution in [3.8, 4) is 11.1 Å². The highest BCUT2D eigenvalue weighted by atomic mass is 19.3. The normalized spacial score (nSPS) is 19.3. The molecule has 0 radical (unpaired) electrons. The third-order valence-corrected chi connectivity index (χ3v) is 10.3. The molecule has 2 amide bonds. The van der Waals surface area contributed by atoms with Crippen LogP contribution in [0.1, 0.15) is 73.9 Å². The van der Waals surface area contributed by atoms with Crippen LogP contribution in [0.15, 0.2) is 24.5 Å². The van der Waals surface area contributed by atoms with E-state index in [4.69, 9.17) is 9.84 Å². The Kier molecular flexibility index (Phi) is 9.01. The molecule has 7 rings (SSSR count). The lowest BCUT2D eigenvalue weighted by molar-refractivity contribution is -0.140. The number of anilines is 2. The van der Waals surface area contributed by atoms with Gasteiger partial charge >= 0.3 is 0 Å². The van der Waals surface area contributed by atoms with Gasteiger partial charge in [0.1, 0.15) is 6.61 Å². The van der Waals surface area contributed by atoms with E-state index >= 15 is 0 Å². The van der Waals surface area contributed by atoms with Crippen LogP contribution in [0.2, 0.25) is 0 Å². The average molecular weight is 651 g/mol. The number of piperidine rings is 2. The number of alkyl halides is 2. The maximum atomic E-state index is 14.6. The van der Waals surface area contributed by atoms with Crippen LogP contribution in [0.3, 0.4) is 0 Å². The molecule has 252 valence electrons. The van der Waals surface area contributed by atoms with Gasteiger partial charge < -0.3 is 24.8 Å². The maximum absolute atomic E-state index is 14.6. The van der Waals surface area contributed by atoms with Gasteiger partial charge in [-0.05, 0) is 74.9 Å². The van der Waals surface area contributed by atoms with Crippen molar-refractivity contribution in [3.05, 3.63) is 46.9 Å². The number of carbonyl (C=O) groups excluding carboxylic acids is 2. The summed E-state index contributed by atoms with van der Waals surface area (Å²) in [4.78, 5) is 31.3. The Morgan fingerprint density at radius 2 is 1.83 bits per heavy atom. The first-order chi connectivity index (χ1) is 22.8. The summed E-state index contributed by atoms with van der Waals surface area (Å²) in [5.74, 6) is 0.788. The van der Waals surface area contributed by atoms with E-state index in [1.54, 1.807) is 37.1 Å². The highest BCUT2D eigenvalue weighted by molar-refractivity contribution is 5.78. The van der Waals surface area contributed by atoms with Crippen LogP contribution in [-0.4, -0.2) is 93.2 Å². The molecule has 0 spiro atoms. The van der Waals surface area contributed by atoms with E-state index in [2.05, 4.69) is 20.0 Å². The maximum Gasteiger partial charge on any atom is 0.264 e. The third-order valence-electron chi connectivity index (χ3n) is 10.3. The minimum absolute atomic E-state index is 0.00743. The first-order valence-electron chi connectivity index (χ1n) is 16.9. The highest BCUT2D eigenvalue weighted by Crippen LogP contribution is 2.43. The molecule has 4 aliphatic heterocycles. The fourth-order valence-corrected chi connectivity index (χ4v) is 7.68. The molecule has 0 aliphatic carbocycles. The van der Waals surface area contributed by atoms with Crippen LogP contribution < -0.4 is 10.2 Å². The van der Waals surface area contributed by atoms with E-state index in [0.29, 0.717) is 50.3 Å². The van der Waals surface area contributed by atoms with Crippen LogP contribution in [0.4, 0.5) is 20.3 Å². The van der Waals surface area contributed by atoms with Gasteiger partial charge in [-0.1, -0.05) is 0 Å². The number of ether oxygens (including phenoxy) is 1. The van der Waals surface area contributed by atoms with Crippen LogP contribution in [0.5, 0.6) is 0 Å². The summed E-state index contributed by atoms with van der Waals surface area (Å²) in [6, 6.07) is 3.63. The number of carbonyl (C=O) groups is 2. The Hall–Kier alpha value is -3.84. The summed E-state index contributed by atoms with van der Waals surface area (Å²) in [6.07, 6.45) is 6.58. The number of halogens is 2. The molecule has 3 aromatic rings. The minimum Gasteiger partial charge on any atom is -0.368 e. The van der Waals surface area contributed by atoms with Crippen molar-refractivity contribution in [2.24, 2.45) is 7.05 Å². The molecule has 47 heavy (non-hydrogen) atoms. The first-order valence-corrected chi connectivity index (χ1v) is 16.9. The molecule has 0 atom stereocenters. The van der Waals surface area contributed by atoms with Crippen molar-refractivity contribution >= 4 is 23.3 Å². The smallest absolute Gasteiger partial charge is 0.264 e. The molecular weight excluding hydrogens is 606 g/mol. The van der Waals surface area contributed by atoms with E-state index in [0.717, 1.165) is 79.9 Å². The molecule has 11 nitrogen and oxygen atoms in total. The van der Waals surface area contributed by atoms with Gasteiger partial charge in [-0.3, -0.25) is 19.0 Å². The van der Waals surface area contributed by atoms with Crippen LogP contribution in [0.25, 0.3) is 11.1 Å². The predicted octanol–water partition coefficient (Wildman–Crippen LogP) is 4.14. The van der Waals surface area contributed by atoms with Crippen molar-refractivity contribution in [3.63, 3.8) is 0 Å². The Morgan fingerprint density at radius 1 is 1.04 bits per heavy atom. The molecule has 1 N–H and O–H groups in total. The topological polar surface area (TPSA) is 101 Å². The number of benzene rings is 1. The van der Waals surface area contributed by atoms with Crippen molar-refractivity contribution in [2.45, 2.75) is 77.0 Å². The largest absolute Gasteiger partial charge is 0.368 e. The molecule has 4 aliphatic rings. The zero-order valence-electron chi connectivity index (χ0n) is 27.3. The quantitative estimate of drug-likeness (QED) is 0.410. The summed E-state index contributed by atoms with van der Waals surface area (Å²) in [7, 11) is 1.78. The zero-order chi connectivity index (χ0) is 32.7. The molecule has 0 saturated carbocycles. The number of hydrogen-bond acceptors (Lipinski definition) is 7. The fourth-order valence-electron chi connectivity index (χ4n) is 7.68. The number of likely N-dealkylation sites (tertiary alicyclic amines) is 1. The standard InChI is InChI=1S/C34H44F2N8O3/c1-22(45)42-15-9-30-29(20-42)34(39-44(30)25-7-13-41(14-8-25)32(46)21-47-26-5-10-37-11-6-26)43-12-3-4-23-16-27(24-18-38-40(2)19-24)28(33(35)36)17-31(23)43/h16-19,25-26,33,37H,3-15,20-21H2,1-2H3. The SMILES string of the molecule is CC(=O)N1CCc2c(c(N3CCCc4cc(-c5cnn(C)c5)c(C(F)F)cc43)nn2C2CCN(C(=O)COC3CCNCC3)CC2)C1. The van der Waals surface area contributed by atoms with Gasteiger partial charge in [-0.15, -0.1) is 0 Å². The Bertz CT molecular complexity index is 1620. The zero-order valence-corrected chi connectivity index (χ0v) is 27.3. The number of nitrogens with one attached hydrogen (secondary N) is 1. The summed E-state index contributed by atoms with van der Waals surface area (Å²) >= 11 is 0. The molecule has 2 aromatic heterocycles. The number of fused-ring (bicyclic) bond motifs is 2. The lowest BCUT2D eigenvalue weighted by atomic mass is 9.92. The lowest BCUT2D eigenvalue weighted by Gasteiger charge is -2.34. The van der Waals surface area contributed by atoms with Gasteiger partial charge in [0.15, 0.2) is 5.82 Å². The Balaban J connectivity index is 1.16. The summed E-state index contributed by atoms with van der Waals surface area (Å²) < 4.78 is 38.8. The number of aryl methyl sites for hydroxylation is 2. The van der Waals surface area contributed by atoms with Gasteiger partial charge in [-0.2, -0.15) is 10.2 Å². The number of nitrogens with zero attached hydrogens (tertiary/aromatic N) is 7. The fraction of sp³-hybridized carbons (Fsp3) is 0.588. The van der Waals surface area contributed by atoms with Crippen LogP contribution >= 0.6 is 0 Å². The van der Waals surface area contributed by atoms with Crippen molar-refractivity contribution in [2.75, 3.05) is 50.8 Å². The molecule has 2 fully saturated rings. The molecule has 13 heteroatoms. The summed E-state index contributed by atoms with van der Waals surface area (Å²) in [5.41, 5.74) is 4.99. The highest BCUT2D eigenvalue weighted by Gasteiger charge is 2.35. The first kappa shape index (κ1) is 31.7. The van der Waals surface area contributed by atoms with Crippen molar-refractivity contribution in [1.29, 1.82) is 0 Å². The number of aromatic nitrogens is 4. The molecule has 0 unspecified atom stereocenters. The van der Waals surface area contributed by atoms with Gasteiger partial charge in [0.25, 0.3) is 6.43 Å². The third kappa shape index (κ3) is 6.39. The molecular formula is C34H44F2N8O3. The van der Waals surface area contributed by atoms with Crippen molar-refractivity contribution < 1.29 is 23.1 Å². The van der Waals surface area contributed by atoms with Gasteiger partial charge in [0.2, 0.25) is 11.8 Å². The number of rotatable bonds is 7. The predicted molar refractivity (Wildman–Crippen MR) is 173 cm³/mol. The minimum atomic E-state index is -2.66. The summed E-state index contributed by atoms with van der Waals surface area (Å²) in [6.45, 7) is 6.51. The summed E-state index contributed by atoms with van der Waals surface area (Å²) in [5, 5.41) is 12.8. The van der Waals surface area contributed by atoms with Crippen molar-refractivity contribution in [1.82, 2.24) is 34.7 Å². The average Bonchev–Trinajstić information content (AvgIpc) is 3.70. The van der Waals surface area contributed by atoms with Crippen LogP contribution in [0, 0.1) is 0 Å². The molecule has 6 heterocycles. The van der Waals surface area contributed by atoms with E-state index in [9.17, 15) is 18.4 Å². The van der Waals surface area contributed by atoms with E-state index < -0.39 is 6.43 Å². The van der Waals surface area contributed by atoms with E-state index in [1.807, 2.05) is 15.9 Å². The molecule has 2 saturated heterocycles. The molecule has 1 aromatic carbocycles. The van der Waals surface area contributed by atoms with Crippen LogP contribution in [-0.2, 0) is 40.8 Å². The van der Waals surface area contributed by atoms with Gasteiger partial charge in [0.05, 0.1) is 24.9 Å². The second-order valence-electron chi connectivity index (χ2n) is 13.3. The molecule has 0 bridgehead atoms. The Morgan fingerprint density at radius 3 is 2.53 bits per heavy atom. The van der Waals surface area contributed by atoms with Gasteiger partial charge in [0, 0.05) is 80.8 Å². The van der Waals surface area contributed by atoms with E-state index in [-0.39, 0.29) is 36.1 Å².